The second-order valence-corrected chi connectivity index (χ2v) is 11.0. The first-order chi connectivity index (χ1) is 18.9. The normalized spacial score (nSPS) is 24.3. The number of esters is 1. The molecular weight excluding hydrogens is 498 g/mol. The van der Waals surface area contributed by atoms with Gasteiger partial charge in [-0.25, -0.2) is 4.79 Å². The molecule has 10 nitrogen and oxygen atoms in total. The van der Waals surface area contributed by atoms with Gasteiger partial charge >= 0.3 is 5.97 Å². The molecule has 2 aromatic rings. The lowest BCUT2D eigenvalue weighted by atomic mass is 9.79. The molecule has 2 saturated heterocycles. The second-order valence-electron chi connectivity index (χ2n) is 11.0. The van der Waals surface area contributed by atoms with Crippen molar-refractivity contribution >= 4 is 34.6 Å². The predicted octanol–water partition coefficient (Wildman–Crippen LogP) is 2.63. The van der Waals surface area contributed by atoms with Crippen LogP contribution in [0.15, 0.2) is 24.3 Å². The Morgan fingerprint density at radius 2 is 1.97 bits per heavy atom. The first-order valence-electron chi connectivity index (χ1n) is 13.9. The summed E-state index contributed by atoms with van der Waals surface area (Å²) in [5.41, 5.74) is 1.36. The van der Waals surface area contributed by atoms with Gasteiger partial charge in [-0.1, -0.05) is 44.2 Å². The molecular formula is C29H35N5O5. The highest BCUT2D eigenvalue weighted by Crippen LogP contribution is 2.38. The van der Waals surface area contributed by atoms with Crippen molar-refractivity contribution in [2.24, 2.45) is 17.8 Å². The number of hydrogen-bond acceptors (Lipinski definition) is 6. The molecule has 1 aromatic carbocycles. The Labute approximate surface area is 227 Å². The molecule has 2 aliphatic heterocycles. The molecule has 3 fully saturated rings. The van der Waals surface area contributed by atoms with Crippen molar-refractivity contribution in [3.8, 4) is 6.07 Å². The summed E-state index contributed by atoms with van der Waals surface area (Å²) in [5, 5.41) is 15.8. The second kappa shape index (κ2) is 11.5. The first kappa shape index (κ1) is 26.7. The van der Waals surface area contributed by atoms with Crippen LogP contribution < -0.4 is 10.6 Å². The molecule has 1 aliphatic carbocycles. The molecule has 0 bridgehead atoms. The molecule has 3 N–H and O–H groups in total. The lowest BCUT2D eigenvalue weighted by molar-refractivity contribution is -0.146. The standard InChI is InChI=1S/C29H35N5O5/c1-39-29(38)23(13-19-10-11-31-26(19)35)33-27(36)24-14-21(17-6-3-2-4-7-17)16-34(24)28(37)22-12-18-8-5-9-20(15-30)25(18)32-22/h5,8-9,12,17,19,21,23-24,32H,2-4,6-7,10-11,13-14,16H2,1H3,(H,31,35)(H,33,36)/t19-,21+,23-,24-/m0/s1. The Morgan fingerprint density at radius 3 is 2.67 bits per heavy atom. The van der Waals surface area contributed by atoms with E-state index in [1.54, 1.807) is 23.1 Å². The molecule has 39 heavy (non-hydrogen) atoms. The zero-order chi connectivity index (χ0) is 27.5. The summed E-state index contributed by atoms with van der Waals surface area (Å²) in [6.07, 6.45) is 6.94. The van der Waals surface area contributed by atoms with Crippen LogP contribution in [-0.2, 0) is 19.1 Å². The number of rotatable bonds is 7. The van der Waals surface area contributed by atoms with Crippen LogP contribution in [0.25, 0.3) is 10.9 Å². The molecule has 5 rings (SSSR count). The maximum absolute atomic E-state index is 13.8. The van der Waals surface area contributed by atoms with E-state index in [2.05, 4.69) is 21.7 Å². The van der Waals surface area contributed by atoms with Gasteiger partial charge in [-0.05, 0) is 43.2 Å². The number of nitriles is 1. The Kier molecular flexibility index (Phi) is 7.87. The van der Waals surface area contributed by atoms with E-state index in [1.165, 1.54) is 13.5 Å². The highest BCUT2D eigenvalue weighted by molar-refractivity contribution is 6.01. The number of para-hydroxylation sites is 1. The van der Waals surface area contributed by atoms with E-state index in [0.717, 1.165) is 31.1 Å². The number of carbonyl (C=O) groups excluding carboxylic acids is 4. The van der Waals surface area contributed by atoms with E-state index in [9.17, 15) is 24.4 Å². The van der Waals surface area contributed by atoms with Crippen molar-refractivity contribution in [1.82, 2.24) is 20.5 Å². The number of nitrogens with one attached hydrogen (secondary N) is 3. The highest BCUT2D eigenvalue weighted by Gasteiger charge is 2.44. The lowest BCUT2D eigenvalue weighted by Gasteiger charge is -2.27. The summed E-state index contributed by atoms with van der Waals surface area (Å²) in [4.78, 5) is 57.0. The van der Waals surface area contributed by atoms with Crippen LogP contribution in [0.4, 0.5) is 0 Å². The zero-order valence-corrected chi connectivity index (χ0v) is 22.2. The smallest absolute Gasteiger partial charge is 0.328 e. The molecule has 0 spiro atoms. The maximum Gasteiger partial charge on any atom is 0.328 e. The third-order valence-electron chi connectivity index (χ3n) is 8.71. The minimum Gasteiger partial charge on any atom is -0.467 e. The Balaban J connectivity index is 1.40. The molecule has 206 valence electrons. The number of amides is 3. The van der Waals surface area contributed by atoms with Gasteiger partial charge in [-0.15, -0.1) is 0 Å². The van der Waals surface area contributed by atoms with Gasteiger partial charge in [0.1, 0.15) is 23.8 Å². The minimum atomic E-state index is -0.978. The SMILES string of the molecule is COC(=O)[C@H](C[C@@H]1CCNC1=O)NC(=O)[C@@H]1C[C@@H](C2CCCCC2)CN1C(=O)c1cc2cccc(C#N)c2[nH]1. The average molecular weight is 534 g/mol. The summed E-state index contributed by atoms with van der Waals surface area (Å²) < 4.78 is 4.94. The number of aromatic amines is 1. The molecule has 10 heteroatoms. The van der Waals surface area contributed by atoms with E-state index < -0.39 is 24.0 Å². The van der Waals surface area contributed by atoms with Gasteiger partial charge in [-0.3, -0.25) is 14.4 Å². The number of ether oxygens (including phenoxy) is 1. The number of hydrogen-bond donors (Lipinski definition) is 3. The zero-order valence-electron chi connectivity index (χ0n) is 22.2. The van der Waals surface area contributed by atoms with Crippen molar-refractivity contribution in [1.29, 1.82) is 5.26 Å². The summed E-state index contributed by atoms with van der Waals surface area (Å²) in [7, 11) is 1.26. The number of methoxy groups -OCH3 is 1. The topological polar surface area (TPSA) is 144 Å². The fourth-order valence-corrected chi connectivity index (χ4v) is 6.59. The fourth-order valence-electron chi connectivity index (χ4n) is 6.59. The Morgan fingerprint density at radius 1 is 1.18 bits per heavy atom. The number of fused-ring (bicyclic) bond motifs is 1. The number of aromatic nitrogens is 1. The summed E-state index contributed by atoms with van der Waals surface area (Å²) in [6, 6.07) is 7.43. The van der Waals surface area contributed by atoms with Crippen LogP contribution in [0, 0.1) is 29.1 Å². The van der Waals surface area contributed by atoms with Crippen molar-refractivity contribution in [3.05, 3.63) is 35.5 Å². The Bertz CT molecular complexity index is 1310. The van der Waals surface area contributed by atoms with Crippen molar-refractivity contribution in [3.63, 3.8) is 0 Å². The van der Waals surface area contributed by atoms with Gasteiger partial charge in [-0.2, -0.15) is 5.26 Å². The maximum atomic E-state index is 13.8. The lowest BCUT2D eigenvalue weighted by Crippen LogP contribution is -2.51. The number of likely N-dealkylation sites (tertiary alicyclic amines) is 1. The van der Waals surface area contributed by atoms with Crippen LogP contribution >= 0.6 is 0 Å². The molecule has 0 unspecified atom stereocenters. The van der Waals surface area contributed by atoms with E-state index in [1.807, 2.05) is 6.07 Å². The van der Waals surface area contributed by atoms with Crippen LogP contribution in [-0.4, -0.2) is 65.9 Å². The monoisotopic (exact) mass is 533 g/mol. The van der Waals surface area contributed by atoms with E-state index >= 15 is 0 Å². The molecule has 3 heterocycles. The van der Waals surface area contributed by atoms with Crippen LogP contribution in [0.2, 0.25) is 0 Å². The molecule has 3 amide bonds. The molecule has 0 radical (unpaired) electrons. The number of H-pyrrole nitrogens is 1. The molecule has 4 atom stereocenters. The van der Waals surface area contributed by atoms with Crippen molar-refractivity contribution in [2.75, 3.05) is 20.2 Å². The summed E-state index contributed by atoms with van der Waals surface area (Å²) in [6.45, 7) is 0.993. The summed E-state index contributed by atoms with van der Waals surface area (Å²) >= 11 is 0. The van der Waals surface area contributed by atoms with Crippen LogP contribution in [0.1, 0.15) is 67.4 Å². The molecule has 3 aliphatic rings. The minimum absolute atomic E-state index is 0.135. The third kappa shape index (κ3) is 5.49. The van der Waals surface area contributed by atoms with Gasteiger partial charge in [0, 0.05) is 24.4 Å². The third-order valence-corrected chi connectivity index (χ3v) is 8.71. The van der Waals surface area contributed by atoms with Gasteiger partial charge in [0.05, 0.1) is 18.2 Å². The van der Waals surface area contributed by atoms with Gasteiger partial charge in [0.2, 0.25) is 11.8 Å². The van der Waals surface area contributed by atoms with Gasteiger partial charge in [0.15, 0.2) is 0 Å². The highest BCUT2D eigenvalue weighted by atomic mass is 16.5. The largest absolute Gasteiger partial charge is 0.467 e. The van der Waals surface area contributed by atoms with E-state index in [0.29, 0.717) is 48.6 Å². The van der Waals surface area contributed by atoms with Gasteiger partial charge < -0.3 is 25.3 Å². The van der Waals surface area contributed by atoms with Crippen molar-refractivity contribution < 1.29 is 23.9 Å². The van der Waals surface area contributed by atoms with E-state index in [-0.39, 0.29) is 30.1 Å². The average Bonchev–Trinajstić information content (AvgIpc) is 3.70. The molecule has 1 saturated carbocycles. The van der Waals surface area contributed by atoms with Crippen LogP contribution in [0.5, 0.6) is 0 Å². The first-order valence-corrected chi connectivity index (χ1v) is 13.9. The predicted molar refractivity (Wildman–Crippen MR) is 142 cm³/mol. The number of carbonyl (C=O) groups is 4. The van der Waals surface area contributed by atoms with Crippen molar-refractivity contribution in [2.45, 2.75) is 63.5 Å². The van der Waals surface area contributed by atoms with Crippen LogP contribution in [0.3, 0.4) is 0 Å². The van der Waals surface area contributed by atoms with Gasteiger partial charge in [0.25, 0.3) is 5.91 Å². The molecule has 1 aromatic heterocycles. The van der Waals surface area contributed by atoms with E-state index in [4.69, 9.17) is 4.74 Å². The number of nitrogens with zero attached hydrogens (tertiary/aromatic N) is 2. The Hall–Kier alpha value is -3.87. The fraction of sp³-hybridized carbons (Fsp3) is 0.552. The number of benzene rings is 1. The quantitative estimate of drug-likeness (QED) is 0.467. The summed E-state index contributed by atoms with van der Waals surface area (Å²) in [5.74, 6) is -1.22.